The van der Waals surface area contributed by atoms with Gasteiger partial charge in [0.15, 0.2) is 0 Å². The first-order chi connectivity index (χ1) is 5.58. The molecule has 0 aromatic carbocycles. The van der Waals surface area contributed by atoms with Crippen LogP contribution in [0, 0.1) is 5.92 Å². The normalized spacial score (nSPS) is 25.4. The molecule has 0 bridgehead atoms. The van der Waals surface area contributed by atoms with Gasteiger partial charge in [-0.2, -0.15) is 0 Å². The van der Waals surface area contributed by atoms with Crippen molar-refractivity contribution in [2.75, 3.05) is 6.54 Å². The summed E-state index contributed by atoms with van der Waals surface area (Å²) in [5.41, 5.74) is 4.80. The lowest BCUT2D eigenvalue weighted by atomic mass is 9.76. The second-order valence-electron chi connectivity index (χ2n) is 3.78. The van der Waals surface area contributed by atoms with Crippen LogP contribution in [0.15, 0.2) is 0 Å². The van der Waals surface area contributed by atoms with Crippen molar-refractivity contribution in [1.29, 1.82) is 0 Å². The van der Waals surface area contributed by atoms with E-state index in [0.29, 0.717) is 32.2 Å². The molecule has 0 amide bonds. The summed E-state index contributed by atoms with van der Waals surface area (Å²) < 4.78 is 0. The van der Waals surface area contributed by atoms with E-state index in [1.165, 1.54) is 0 Å². The number of carbonyl (C=O) groups is 1. The molecule has 0 saturated heterocycles. The van der Waals surface area contributed by atoms with E-state index in [9.17, 15) is 9.90 Å². The lowest BCUT2D eigenvalue weighted by Gasteiger charge is -2.36. The first kappa shape index (κ1) is 9.68. The van der Waals surface area contributed by atoms with Crippen LogP contribution in [-0.4, -0.2) is 23.0 Å². The molecular formula is C9H17NO2. The summed E-state index contributed by atoms with van der Waals surface area (Å²) in [6.45, 7) is 2.43. The summed E-state index contributed by atoms with van der Waals surface area (Å²) >= 11 is 0. The van der Waals surface area contributed by atoms with Crippen LogP contribution in [-0.2, 0) is 4.79 Å². The van der Waals surface area contributed by atoms with Crippen molar-refractivity contribution in [2.24, 2.45) is 11.7 Å². The Kier molecular flexibility index (Phi) is 2.85. The minimum absolute atomic E-state index is 0.102. The highest BCUT2D eigenvalue weighted by atomic mass is 16.3. The summed E-state index contributed by atoms with van der Waals surface area (Å²) in [7, 11) is 0. The number of ketones is 1. The smallest absolute Gasteiger partial charge is 0.133 e. The molecule has 1 fully saturated rings. The van der Waals surface area contributed by atoms with Gasteiger partial charge in [0.25, 0.3) is 0 Å². The topological polar surface area (TPSA) is 63.3 Å². The second kappa shape index (κ2) is 3.54. The van der Waals surface area contributed by atoms with Crippen molar-refractivity contribution >= 4 is 5.78 Å². The van der Waals surface area contributed by atoms with E-state index < -0.39 is 5.60 Å². The first-order valence-electron chi connectivity index (χ1n) is 4.52. The second-order valence-corrected chi connectivity index (χ2v) is 3.78. The highest BCUT2D eigenvalue weighted by molar-refractivity contribution is 5.79. The molecule has 70 valence electrons. The molecule has 12 heavy (non-hydrogen) atoms. The molecule has 3 N–H and O–H groups in total. The van der Waals surface area contributed by atoms with E-state index in [1.807, 2.05) is 6.92 Å². The molecule has 0 radical (unpaired) electrons. The Morgan fingerprint density at radius 3 is 2.50 bits per heavy atom. The zero-order valence-corrected chi connectivity index (χ0v) is 7.55. The van der Waals surface area contributed by atoms with Gasteiger partial charge in [-0.3, -0.25) is 4.79 Å². The third-order valence-electron chi connectivity index (χ3n) is 2.94. The van der Waals surface area contributed by atoms with E-state index in [-0.39, 0.29) is 11.7 Å². The molecule has 0 spiro atoms. The maximum Gasteiger partial charge on any atom is 0.133 e. The summed E-state index contributed by atoms with van der Waals surface area (Å²) in [4.78, 5) is 10.9. The van der Waals surface area contributed by atoms with Crippen molar-refractivity contribution in [1.82, 2.24) is 0 Å². The van der Waals surface area contributed by atoms with Gasteiger partial charge in [-0.05, 0) is 25.3 Å². The Balaban J connectivity index is 2.55. The van der Waals surface area contributed by atoms with Gasteiger partial charge in [0, 0.05) is 12.8 Å². The van der Waals surface area contributed by atoms with E-state index >= 15 is 0 Å². The van der Waals surface area contributed by atoms with Crippen LogP contribution >= 0.6 is 0 Å². The molecule has 0 heterocycles. The zero-order valence-electron chi connectivity index (χ0n) is 7.55. The van der Waals surface area contributed by atoms with Crippen molar-refractivity contribution in [2.45, 2.75) is 38.2 Å². The van der Waals surface area contributed by atoms with E-state index in [1.54, 1.807) is 0 Å². The third kappa shape index (κ3) is 1.84. The van der Waals surface area contributed by atoms with Gasteiger partial charge < -0.3 is 10.8 Å². The Bertz CT molecular complexity index is 169. The average molecular weight is 171 g/mol. The SMILES string of the molecule is CC(CN)C1(O)CCC(=O)CC1. The maximum absolute atomic E-state index is 10.9. The van der Waals surface area contributed by atoms with E-state index in [0.717, 1.165) is 0 Å². The van der Waals surface area contributed by atoms with Crippen LogP contribution in [0.4, 0.5) is 0 Å². The molecule has 1 aliphatic carbocycles. The van der Waals surface area contributed by atoms with Gasteiger partial charge >= 0.3 is 0 Å². The summed E-state index contributed by atoms with van der Waals surface area (Å²) in [6, 6.07) is 0. The summed E-state index contributed by atoms with van der Waals surface area (Å²) in [5.74, 6) is 0.370. The molecule has 1 rings (SSSR count). The minimum atomic E-state index is -0.678. The van der Waals surface area contributed by atoms with Crippen LogP contribution in [0.3, 0.4) is 0 Å². The van der Waals surface area contributed by atoms with Gasteiger partial charge in [-0.1, -0.05) is 6.92 Å². The van der Waals surface area contributed by atoms with Crippen LogP contribution in [0.1, 0.15) is 32.6 Å². The van der Waals surface area contributed by atoms with Crippen LogP contribution in [0.5, 0.6) is 0 Å². The first-order valence-corrected chi connectivity index (χ1v) is 4.52. The van der Waals surface area contributed by atoms with Gasteiger partial charge in [0.2, 0.25) is 0 Å². The van der Waals surface area contributed by atoms with Crippen LogP contribution < -0.4 is 5.73 Å². The van der Waals surface area contributed by atoms with Crippen molar-refractivity contribution < 1.29 is 9.90 Å². The van der Waals surface area contributed by atoms with Crippen molar-refractivity contribution in [3.8, 4) is 0 Å². The maximum atomic E-state index is 10.9. The molecule has 3 nitrogen and oxygen atoms in total. The monoisotopic (exact) mass is 171 g/mol. The Morgan fingerprint density at radius 1 is 1.58 bits per heavy atom. The standard InChI is InChI=1S/C9H17NO2/c1-7(6-10)9(12)4-2-8(11)3-5-9/h7,12H,2-6,10H2,1H3. The van der Waals surface area contributed by atoms with Crippen LogP contribution in [0.25, 0.3) is 0 Å². The molecule has 0 aliphatic heterocycles. The molecule has 0 aromatic rings. The quantitative estimate of drug-likeness (QED) is 0.634. The Morgan fingerprint density at radius 2 is 2.08 bits per heavy atom. The summed E-state index contributed by atoms with van der Waals surface area (Å²) in [5, 5.41) is 10.0. The fourth-order valence-corrected chi connectivity index (χ4v) is 1.67. The predicted octanol–water partition coefficient (Wildman–Crippen LogP) is 0.455. The number of nitrogens with two attached hydrogens (primary N) is 1. The van der Waals surface area contributed by atoms with E-state index in [4.69, 9.17) is 5.73 Å². The number of rotatable bonds is 2. The van der Waals surface area contributed by atoms with Gasteiger partial charge in [0.1, 0.15) is 5.78 Å². The highest BCUT2D eigenvalue weighted by Gasteiger charge is 2.36. The number of aliphatic hydroxyl groups is 1. The largest absolute Gasteiger partial charge is 0.390 e. The Hall–Kier alpha value is -0.410. The third-order valence-corrected chi connectivity index (χ3v) is 2.94. The molecule has 0 aromatic heterocycles. The number of hydrogen-bond acceptors (Lipinski definition) is 3. The van der Waals surface area contributed by atoms with Gasteiger partial charge in [0.05, 0.1) is 5.60 Å². The molecule has 1 aliphatic rings. The molecular weight excluding hydrogens is 154 g/mol. The Labute approximate surface area is 72.9 Å². The predicted molar refractivity (Wildman–Crippen MR) is 46.6 cm³/mol. The molecule has 1 unspecified atom stereocenters. The highest BCUT2D eigenvalue weighted by Crippen LogP contribution is 2.32. The minimum Gasteiger partial charge on any atom is -0.390 e. The van der Waals surface area contributed by atoms with Crippen molar-refractivity contribution in [3.63, 3.8) is 0 Å². The molecule has 3 heteroatoms. The van der Waals surface area contributed by atoms with E-state index in [2.05, 4.69) is 0 Å². The lowest BCUT2D eigenvalue weighted by molar-refractivity contribution is -0.127. The number of hydrogen-bond donors (Lipinski definition) is 2. The fraction of sp³-hybridized carbons (Fsp3) is 0.889. The number of Topliss-reactive ketones (excluding diaryl/α,β-unsaturated/α-hetero) is 1. The van der Waals surface area contributed by atoms with Gasteiger partial charge in [-0.15, -0.1) is 0 Å². The number of carbonyl (C=O) groups excluding carboxylic acids is 1. The zero-order chi connectivity index (χ0) is 9.19. The fourth-order valence-electron chi connectivity index (χ4n) is 1.67. The van der Waals surface area contributed by atoms with Crippen molar-refractivity contribution in [3.05, 3.63) is 0 Å². The average Bonchev–Trinajstić information content (AvgIpc) is 2.09. The molecule has 1 saturated carbocycles. The molecule has 1 atom stereocenters. The summed E-state index contributed by atoms with van der Waals surface area (Å²) in [6.07, 6.45) is 2.20. The van der Waals surface area contributed by atoms with Crippen LogP contribution in [0.2, 0.25) is 0 Å². The van der Waals surface area contributed by atoms with Gasteiger partial charge in [-0.25, -0.2) is 0 Å². The lowest BCUT2D eigenvalue weighted by Crippen LogP contribution is -2.43.